The van der Waals surface area contributed by atoms with Gasteiger partial charge in [-0.1, -0.05) is 0 Å². The van der Waals surface area contributed by atoms with Crippen molar-refractivity contribution in [1.29, 1.82) is 5.26 Å². The van der Waals surface area contributed by atoms with E-state index in [0.717, 1.165) is 0 Å². The molecular weight excluding hydrogens is 249 g/mol. The number of nitrogens with one attached hydrogen (secondary N) is 1. The average molecular weight is 258 g/mol. The van der Waals surface area contributed by atoms with Crippen molar-refractivity contribution in [3.63, 3.8) is 0 Å². The number of anilines is 1. The highest BCUT2D eigenvalue weighted by Crippen LogP contribution is 2.21. The normalized spacial score (nSPS) is 10.6. The number of hydrogen-bond donors (Lipinski definition) is 1. The summed E-state index contributed by atoms with van der Waals surface area (Å²) in [6.07, 6.45) is -6.06. The lowest BCUT2D eigenvalue weighted by atomic mass is 10.3. The number of nitriles is 1. The largest absolute Gasteiger partial charge is 0.479 e. The maximum absolute atomic E-state index is 11.9. The third-order valence-corrected chi connectivity index (χ3v) is 1.80. The number of halogens is 3. The Kier molecular flexibility index (Phi) is 4.54. The van der Waals surface area contributed by atoms with Gasteiger partial charge in [0.15, 0.2) is 6.61 Å². The summed E-state index contributed by atoms with van der Waals surface area (Å²) in [6.45, 7) is -0.125. The highest BCUT2D eigenvalue weighted by atomic mass is 19.4. The molecule has 0 radical (unpaired) electrons. The number of carbonyl (C=O) groups excluding carboxylic acids is 1. The molecule has 1 aromatic rings. The lowest BCUT2D eigenvalue weighted by Gasteiger charge is -2.08. The maximum atomic E-state index is 11.9. The van der Waals surface area contributed by atoms with Crippen molar-refractivity contribution < 1.29 is 22.7 Å². The van der Waals surface area contributed by atoms with Crippen molar-refractivity contribution >= 4 is 11.6 Å². The Morgan fingerprint density at radius 3 is 2.44 bits per heavy atom. The summed E-state index contributed by atoms with van der Waals surface area (Å²) >= 11 is 0. The first-order valence-corrected chi connectivity index (χ1v) is 4.87. The van der Waals surface area contributed by atoms with Gasteiger partial charge < -0.3 is 10.1 Å². The quantitative estimate of drug-likeness (QED) is 0.902. The molecule has 0 aliphatic rings. The summed E-state index contributed by atoms with van der Waals surface area (Å²) in [5.41, 5.74) is 0.230. The van der Waals surface area contributed by atoms with Crippen molar-refractivity contribution in [3.05, 3.63) is 24.3 Å². The van der Waals surface area contributed by atoms with Crippen molar-refractivity contribution in [2.45, 2.75) is 12.6 Å². The van der Waals surface area contributed by atoms with Crippen LogP contribution in [0.4, 0.5) is 18.9 Å². The number of hydrogen-bond acceptors (Lipinski definition) is 3. The monoisotopic (exact) mass is 258 g/mol. The molecule has 0 heterocycles. The molecule has 0 spiro atoms. The van der Waals surface area contributed by atoms with Gasteiger partial charge in [-0.3, -0.25) is 4.79 Å². The highest BCUT2D eigenvalue weighted by molar-refractivity contribution is 5.91. The second-order valence-electron chi connectivity index (χ2n) is 3.31. The van der Waals surface area contributed by atoms with Crippen molar-refractivity contribution in [2.24, 2.45) is 0 Å². The molecule has 0 atom stereocenters. The molecule has 0 aliphatic heterocycles. The van der Waals surface area contributed by atoms with Crippen LogP contribution in [0.5, 0.6) is 5.75 Å². The highest BCUT2D eigenvalue weighted by Gasteiger charge is 2.31. The first kappa shape index (κ1) is 13.8. The fourth-order valence-electron chi connectivity index (χ4n) is 1.14. The lowest BCUT2D eigenvalue weighted by molar-refractivity contribution is -0.150. The zero-order valence-electron chi connectivity index (χ0n) is 9.12. The molecule has 0 unspecified atom stereocenters. The van der Waals surface area contributed by atoms with Gasteiger partial charge in [0.1, 0.15) is 18.2 Å². The van der Waals surface area contributed by atoms with Gasteiger partial charge in [-0.15, -0.1) is 0 Å². The molecule has 96 valence electrons. The van der Waals surface area contributed by atoms with Gasteiger partial charge in [-0.2, -0.15) is 18.4 Å². The minimum atomic E-state index is -4.53. The first-order valence-electron chi connectivity index (χ1n) is 4.87. The molecule has 0 aliphatic carbocycles. The van der Waals surface area contributed by atoms with E-state index in [2.05, 4.69) is 5.32 Å². The molecule has 1 rings (SSSR count). The molecule has 18 heavy (non-hydrogen) atoms. The summed E-state index contributed by atoms with van der Waals surface area (Å²) in [5.74, 6) is -0.737. The van der Waals surface area contributed by atoms with Gasteiger partial charge in [0.2, 0.25) is 5.91 Å². The molecular formula is C11H9F3N2O2. The second kappa shape index (κ2) is 5.91. The van der Waals surface area contributed by atoms with Crippen LogP contribution in [0.15, 0.2) is 24.3 Å². The van der Waals surface area contributed by atoms with E-state index in [1.54, 1.807) is 6.07 Å². The van der Waals surface area contributed by atoms with Crippen LogP contribution >= 0.6 is 0 Å². The molecule has 4 nitrogen and oxygen atoms in total. The van der Waals surface area contributed by atoms with Gasteiger partial charge in [0.05, 0.1) is 0 Å². The number of ether oxygens (including phenoxy) is 1. The van der Waals surface area contributed by atoms with E-state index in [4.69, 9.17) is 10.00 Å². The molecule has 0 saturated carbocycles. The van der Waals surface area contributed by atoms with Crippen molar-refractivity contribution in [3.8, 4) is 11.8 Å². The Morgan fingerprint density at radius 2 is 1.94 bits per heavy atom. The van der Waals surface area contributed by atoms with Crippen LogP contribution in [0.3, 0.4) is 0 Å². The van der Waals surface area contributed by atoms with Crippen LogP contribution in [0.2, 0.25) is 0 Å². The van der Waals surface area contributed by atoms with E-state index in [9.17, 15) is 18.0 Å². The number of amides is 1. The summed E-state index contributed by atoms with van der Waals surface area (Å²) in [5, 5.41) is 10.4. The third-order valence-electron chi connectivity index (χ3n) is 1.80. The predicted octanol–water partition coefficient (Wildman–Crippen LogP) is 2.48. The molecule has 1 N–H and O–H groups in total. The van der Waals surface area contributed by atoms with Crippen LogP contribution < -0.4 is 10.1 Å². The summed E-state index contributed by atoms with van der Waals surface area (Å²) in [7, 11) is 0. The number of benzene rings is 1. The van der Waals surface area contributed by atoms with Crippen LogP contribution in [-0.4, -0.2) is 18.7 Å². The van der Waals surface area contributed by atoms with Gasteiger partial charge >= 0.3 is 6.18 Å². The van der Waals surface area contributed by atoms with Gasteiger partial charge in [0.25, 0.3) is 0 Å². The standard InChI is InChI=1S/C11H9F3N2O2/c12-11(13,14)7-10(17)16-8-1-3-9(4-2-8)18-6-5-15/h1-4H,6-7H2,(H,16,17). The zero-order chi connectivity index (χ0) is 13.6. The molecule has 0 fully saturated rings. The molecule has 0 aromatic heterocycles. The number of carbonyl (C=O) groups is 1. The molecule has 0 bridgehead atoms. The van der Waals surface area contributed by atoms with Crippen molar-refractivity contribution in [1.82, 2.24) is 0 Å². The van der Waals surface area contributed by atoms with E-state index >= 15 is 0 Å². The SMILES string of the molecule is N#CCOc1ccc(NC(=O)CC(F)(F)F)cc1. The summed E-state index contributed by atoms with van der Waals surface area (Å²) in [4.78, 5) is 11.0. The van der Waals surface area contributed by atoms with E-state index in [1.165, 1.54) is 24.3 Å². The van der Waals surface area contributed by atoms with Gasteiger partial charge in [0, 0.05) is 5.69 Å². The molecule has 0 saturated heterocycles. The topological polar surface area (TPSA) is 62.1 Å². The molecule has 7 heteroatoms. The average Bonchev–Trinajstić information content (AvgIpc) is 2.25. The summed E-state index contributed by atoms with van der Waals surface area (Å²) in [6, 6.07) is 7.44. The van der Waals surface area contributed by atoms with Gasteiger partial charge in [-0.05, 0) is 24.3 Å². The fraction of sp³-hybridized carbons (Fsp3) is 0.273. The number of rotatable bonds is 4. The minimum absolute atomic E-state index is 0.125. The van der Waals surface area contributed by atoms with Crippen LogP contribution in [0, 0.1) is 11.3 Å². The molecule has 1 amide bonds. The Labute approximate surface area is 101 Å². The maximum Gasteiger partial charge on any atom is 0.397 e. The van der Waals surface area contributed by atoms with Crippen LogP contribution in [0.1, 0.15) is 6.42 Å². The smallest absolute Gasteiger partial charge is 0.397 e. The van der Waals surface area contributed by atoms with E-state index in [0.29, 0.717) is 5.75 Å². The number of nitrogens with zero attached hydrogens (tertiary/aromatic N) is 1. The van der Waals surface area contributed by atoms with Gasteiger partial charge in [-0.25, -0.2) is 0 Å². The summed E-state index contributed by atoms with van der Waals surface area (Å²) < 4.78 is 40.6. The Morgan fingerprint density at radius 1 is 1.33 bits per heavy atom. The second-order valence-corrected chi connectivity index (χ2v) is 3.31. The van der Waals surface area contributed by atoms with Crippen molar-refractivity contribution in [2.75, 3.05) is 11.9 Å². The Balaban J connectivity index is 2.54. The minimum Gasteiger partial charge on any atom is -0.479 e. The van der Waals surface area contributed by atoms with E-state index in [-0.39, 0.29) is 12.3 Å². The first-order chi connectivity index (χ1) is 8.40. The van der Waals surface area contributed by atoms with Crippen LogP contribution in [-0.2, 0) is 4.79 Å². The Hall–Kier alpha value is -2.23. The van der Waals surface area contributed by atoms with Crippen LogP contribution in [0.25, 0.3) is 0 Å². The predicted molar refractivity (Wildman–Crippen MR) is 56.9 cm³/mol. The molecule has 1 aromatic carbocycles. The number of alkyl halides is 3. The lowest BCUT2D eigenvalue weighted by Crippen LogP contribution is -2.21. The zero-order valence-corrected chi connectivity index (χ0v) is 9.12. The van der Waals surface area contributed by atoms with E-state index in [1.807, 2.05) is 0 Å². The Bertz CT molecular complexity index is 449. The van der Waals surface area contributed by atoms with E-state index < -0.39 is 18.5 Å². The third kappa shape index (κ3) is 5.21. The fourth-order valence-corrected chi connectivity index (χ4v) is 1.14.